The van der Waals surface area contributed by atoms with Gasteiger partial charge in [0.25, 0.3) is 0 Å². The van der Waals surface area contributed by atoms with Crippen molar-refractivity contribution >= 4 is 34.8 Å². The number of quaternary nitrogens is 1. The van der Waals surface area contributed by atoms with Gasteiger partial charge in [-0.2, -0.15) is 5.26 Å². The summed E-state index contributed by atoms with van der Waals surface area (Å²) < 4.78 is 13.4. The zero-order valence-corrected chi connectivity index (χ0v) is 16.0. The lowest BCUT2D eigenvalue weighted by Gasteiger charge is -2.08. The summed E-state index contributed by atoms with van der Waals surface area (Å²) in [5.41, 5.74) is 1.67. The van der Waals surface area contributed by atoms with Crippen LogP contribution in [0.1, 0.15) is 11.3 Å². The molecule has 3 rings (SSSR count). The molecule has 0 saturated carbocycles. The number of benzene rings is 1. The molecule has 0 bridgehead atoms. The van der Waals surface area contributed by atoms with E-state index in [-0.39, 0.29) is 11.4 Å². The van der Waals surface area contributed by atoms with Crippen molar-refractivity contribution in [3.8, 4) is 6.07 Å². The number of nitrogens with two attached hydrogens (primary N) is 1. The van der Waals surface area contributed by atoms with Gasteiger partial charge < -0.3 is 0 Å². The number of hydrogen-bond acceptors (Lipinski definition) is 5. The number of pyridine rings is 2. The van der Waals surface area contributed by atoms with Crippen molar-refractivity contribution in [1.29, 1.82) is 10.7 Å². The minimum atomic E-state index is -0.430. The third kappa shape index (κ3) is 5.24. The summed E-state index contributed by atoms with van der Waals surface area (Å²) in [6, 6.07) is 13.8. The molecule has 1 aromatic carbocycles. The topological polar surface area (TPSA) is 90.0 Å². The third-order valence-electron chi connectivity index (χ3n) is 3.61. The lowest BCUT2D eigenvalue weighted by atomic mass is 10.1. The molecular weight excluding hydrogens is 397 g/mol. The molecule has 0 aliphatic rings. The van der Waals surface area contributed by atoms with Crippen molar-refractivity contribution < 1.29 is 9.71 Å². The van der Waals surface area contributed by atoms with Crippen molar-refractivity contribution in [2.24, 2.45) is 0 Å². The summed E-state index contributed by atoms with van der Waals surface area (Å²) in [6.07, 6.45) is 5.89. The maximum Gasteiger partial charge on any atom is 0.155 e. The molecule has 0 aliphatic heterocycles. The fourth-order valence-corrected chi connectivity index (χ4v) is 3.25. The molecule has 3 N–H and O–H groups in total. The van der Waals surface area contributed by atoms with E-state index in [2.05, 4.69) is 9.97 Å². The summed E-state index contributed by atoms with van der Waals surface area (Å²) in [6.45, 7) is 0. The molecule has 2 heterocycles. The highest BCUT2D eigenvalue weighted by Gasteiger charge is 2.13. The highest BCUT2D eigenvalue weighted by atomic mass is 35.5. The molecule has 2 aromatic heterocycles. The van der Waals surface area contributed by atoms with Crippen LogP contribution in [0.4, 0.5) is 10.1 Å². The first-order chi connectivity index (χ1) is 13.5. The zero-order valence-electron chi connectivity index (χ0n) is 14.4. The van der Waals surface area contributed by atoms with E-state index in [0.717, 1.165) is 11.1 Å². The Morgan fingerprint density at radius 2 is 1.96 bits per heavy atom. The average molecular weight is 411 g/mol. The summed E-state index contributed by atoms with van der Waals surface area (Å²) >= 11 is 7.32. The maximum atomic E-state index is 13.4. The number of thioether (sulfide) groups is 1. The summed E-state index contributed by atoms with van der Waals surface area (Å²) in [7, 11) is 0. The number of allylic oxidation sites excluding steroid dienone is 1. The average Bonchev–Trinajstić information content (AvgIpc) is 2.72. The Balaban J connectivity index is 1.90. The fraction of sp³-hybridized carbons (Fsp3) is 0. The molecule has 28 heavy (non-hydrogen) atoms. The van der Waals surface area contributed by atoms with Gasteiger partial charge in [0, 0.05) is 27.7 Å². The molecule has 3 aromatic rings. The van der Waals surface area contributed by atoms with Gasteiger partial charge in [0.05, 0.1) is 23.0 Å². The van der Waals surface area contributed by atoms with Crippen molar-refractivity contribution in [3.63, 3.8) is 0 Å². The number of nitrogens with zero attached hydrogens (tertiary/aromatic N) is 3. The molecule has 0 saturated heterocycles. The van der Waals surface area contributed by atoms with E-state index < -0.39 is 5.82 Å². The van der Waals surface area contributed by atoms with Crippen LogP contribution in [0.5, 0.6) is 0 Å². The number of rotatable bonds is 6. The molecule has 0 fully saturated rings. The van der Waals surface area contributed by atoms with Crippen LogP contribution in [0, 0.1) is 22.6 Å². The number of hydrogen-bond donors (Lipinski definition) is 2. The van der Waals surface area contributed by atoms with Crippen LogP contribution in [0.15, 0.2) is 77.1 Å². The predicted molar refractivity (Wildman–Crippen MR) is 107 cm³/mol. The van der Waals surface area contributed by atoms with Gasteiger partial charge in [-0.1, -0.05) is 23.4 Å². The first kappa shape index (κ1) is 19.7. The van der Waals surface area contributed by atoms with Crippen LogP contribution >= 0.6 is 23.4 Å². The second-order valence-electron chi connectivity index (χ2n) is 5.61. The zero-order chi connectivity index (χ0) is 19.9. The van der Waals surface area contributed by atoms with Gasteiger partial charge in [-0.05, 0) is 36.4 Å². The number of nitriles is 1. The fourth-order valence-electron chi connectivity index (χ4n) is 2.24. The Morgan fingerprint density at radius 3 is 2.61 bits per heavy atom. The molecule has 138 valence electrons. The van der Waals surface area contributed by atoms with E-state index in [0.29, 0.717) is 21.2 Å². The third-order valence-corrected chi connectivity index (χ3v) is 4.93. The van der Waals surface area contributed by atoms with Gasteiger partial charge in [0.2, 0.25) is 0 Å². The van der Waals surface area contributed by atoms with Crippen LogP contribution < -0.4 is 5.32 Å². The second-order valence-corrected chi connectivity index (χ2v) is 7.16. The van der Waals surface area contributed by atoms with Crippen molar-refractivity contribution in [2.45, 2.75) is 4.90 Å². The predicted octanol–water partition coefficient (Wildman–Crippen LogP) is 4.04. The van der Waals surface area contributed by atoms with Gasteiger partial charge in [0.1, 0.15) is 23.8 Å². The summed E-state index contributed by atoms with van der Waals surface area (Å²) in [5, 5.41) is 19.8. The van der Waals surface area contributed by atoms with Gasteiger partial charge in [-0.3, -0.25) is 15.7 Å². The Kier molecular flexibility index (Phi) is 6.50. The number of aromatic nitrogens is 2. The van der Waals surface area contributed by atoms with Gasteiger partial charge >= 0.3 is 0 Å². The maximum absolute atomic E-state index is 13.4. The standard InChI is InChI=1S/C20H13ClFN5S/c21-14-2-5-18(6-3-14)28-19(12-27-17-7-15(22)10-25-11-17)20(24)13-1-4-16(8-23)26-9-13/h1-7,9-12,24,27H/p+1/b19-12+,24-20?. The lowest BCUT2D eigenvalue weighted by Crippen LogP contribution is -2.71. The minimum absolute atomic E-state index is 0.234. The molecule has 0 unspecified atom stereocenters. The Morgan fingerprint density at radius 1 is 1.18 bits per heavy atom. The first-order valence-electron chi connectivity index (χ1n) is 8.09. The highest BCUT2D eigenvalue weighted by molar-refractivity contribution is 8.04. The van der Waals surface area contributed by atoms with E-state index in [1.807, 2.05) is 18.2 Å². The van der Waals surface area contributed by atoms with Crippen LogP contribution in [-0.2, 0) is 0 Å². The molecule has 0 aliphatic carbocycles. The highest BCUT2D eigenvalue weighted by Crippen LogP contribution is 2.29. The monoisotopic (exact) mass is 410 g/mol. The molecule has 0 atom stereocenters. The Labute approximate surface area is 170 Å². The van der Waals surface area contributed by atoms with Crippen molar-refractivity contribution in [2.75, 3.05) is 0 Å². The van der Waals surface area contributed by atoms with E-state index in [1.165, 1.54) is 30.2 Å². The van der Waals surface area contributed by atoms with E-state index in [4.69, 9.17) is 22.3 Å². The van der Waals surface area contributed by atoms with E-state index in [1.54, 1.807) is 35.8 Å². The molecule has 0 radical (unpaired) electrons. The van der Waals surface area contributed by atoms with Crippen LogP contribution in [0.2, 0.25) is 5.02 Å². The normalized spacial score (nSPS) is 11.1. The van der Waals surface area contributed by atoms with Gasteiger partial charge in [-0.25, -0.2) is 9.37 Å². The van der Waals surface area contributed by atoms with Crippen LogP contribution in [-0.4, -0.2) is 15.7 Å². The smallest absolute Gasteiger partial charge is 0.155 e. The number of halogens is 2. The molecular formula is C20H14ClFN5S+. The Bertz CT molecular complexity index is 1060. The van der Waals surface area contributed by atoms with Crippen molar-refractivity contribution in [1.82, 2.24) is 9.97 Å². The van der Waals surface area contributed by atoms with E-state index in [9.17, 15) is 4.39 Å². The van der Waals surface area contributed by atoms with E-state index >= 15 is 0 Å². The summed E-state index contributed by atoms with van der Waals surface area (Å²) in [4.78, 5) is 9.37. The van der Waals surface area contributed by atoms with Gasteiger partial charge in [-0.15, -0.1) is 0 Å². The summed E-state index contributed by atoms with van der Waals surface area (Å²) in [5.74, 6) is -0.430. The van der Waals surface area contributed by atoms with Gasteiger partial charge in [0.15, 0.2) is 5.69 Å². The lowest BCUT2D eigenvalue weighted by molar-refractivity contribution is -0.496. The number of nitrogens with one attached hydrogen (secondary N) is 1. The molecule has 0 amide bonds. The molecule has 5 nitrogen and oxygen atoms in total. The quantitative estimate of drug-likeness (QED) is 0.474. The van der Waals surface area contributed by atoms with Crippen molar-refractivity contribution in [3.05, 3.63) is 94.3 Å². The van der Waals surface area contributed by atoms with Crippen LogP contribution in [0.3, 0.4) is 0 Å². The minimum Gasteiger partial charge on any atom is -0.299 e. The SMILES string of the molecule is N#Cc1ccc(C(=N)/C(=C\[NH2+]c2cncc(F)c2)Sc2ccc(Cl)cc2)cn1. The Hall–Kier alpha value is -3.05. The second kappa shape index (κ2) is 9.24. The first-order valence-corrected chi connectivity index (χ1v) is 9.29. The molecule has 0 spiro atoms. The largest absolute Gasteiger partial charge is 0.299 e. The van der Waals surface area contributed by atoms with Crippen LogP contribution in [0.25, 0.3) is 0 Å². The molecule has 8 heteroatoms.